The summed E-state index contributed by atoms with van der Waals surface area (Å²) in [7, 11) is 1.39. The van der Waals surface area contributed by atoms with Gasteiger partial charge in [-0.15, -0.1) is 0 Å². The summed E-state index contributed by atoms with van der Waals surface area (Å²) in [6.07, 6.45) is 0. The summed E-state index contributed by atoms with van der Waals surface area (Å²) in [5, 5.41) is 0. The van der Waals surface area contributed by atoms with Gasteiger partial charge < -0.3 is 23.8 Å². The monoisotopic (exact) mass is 405 g/mol. The maximum Gasteiger partial charge on any atom is 0.361 e. The predicted molar refractivity (Wildman–Crippen MR) is 104 cm³/mol. The quantitative estimate of drug-likeness (QED) is 0.651. The Hall–Kier alpha value is -2.94. The lowest BCUT2D eigenvalue weighted by Gasteiger charge is -2.29. The van der Waals surface area contributed by atoms with Gasteiger partial charge in [0.1, 0.15) is 0 Å². The smallest absolute Gasteiger partial charge is 0.361 e. The van der Waals surface area contributed by atoms with Crippen molar-refractivity contribution in [1.29, 1.82) is 0 Å². The van der Waals surface area contributed by atoms with E-state index in [4.69, 9.17) is 18.9 Å². The fraction of sp³-hybridized carbons (Fsp3) is 0.450. The molecule has 2 aromatic rings. The highest BCUT2D eigenvalue weighted by atomic mass is 19.1. The van der Waals surface area contributed by atoms with Crippen molar-refractivity contribution in [2.24, 2.45) is 0 Å². The van der Waals surface area contributed by atoms with Gasteiger partial charge in [0.25, 0.3) is 0 Å². The van der Waals surface area contributed by atoms with Crippen LogP contribution in [0.4, 0.5) is 10.2 Å². The van der Waals surface area contributed by atoms with E-state index in [0.29, 0.717) is 44.3 Å². The fourth-order valence-electron chi connectivity index (χ4n) is 2.98. The van der Waals surface area contributed by atoms with Gasteiger partial charge in [-0.2, -0.15) is 0 Å². The summed E-state index contributed by atoms with van der Waals surface area (Å²) in [6.45, 7) is 6.24. The average Bonchev–Trinajstić information content (AvgIpc) is 2.74. The molecule has 1 aliphatic rings. The van der Waals surface area contributed by atoms with Crippen LogP contribution in [0, 0.1) is 5.82 Å². The topological polar surface area (TPSA) is 83.0 Å². The minimum absolute atomic E-state index is 0.0106. The first-order valence-corrected chi connectivity index (χ1v) is 9.47. The largest absolute Gasteiger partial charge is 0.494 e. The number of morpholine rings is 1. The maximum atomic E-state index is 14.2. The molecule has 9 heteroatoms. The number of hydrogen-bond acceptors (Lipinski definition) is 8. The molecule has 0 amide bonds. The van der Waals surface area contributed by atoms with Crippen molar-refractivity contribution in [3.8, 4) is 22.9 Å². The van der Waals surface area contributed by atoms with Crippen LogP contribution in [0.2, 0.25) is 0 Å². The second-order valence-corrected chi connectivity index (χ2v) is 6.15. The number of aromatic nitrogens is 2. The molecule has 1 aromatic heterocycles. The van der Waals surface area contributed by atoms with Crippen LogP contribution in [0.15, 0.2) is 18.2 Å². The van der Waals surface area contributed by atoms with Crippen LogP contribution in [0.25, 0.3) is 11.4 Å². The van der Waals surface area contributed by atoms with E-state index in [1.54, 1.807) is 13.0 Å². The van der Waals surface area contributed by atoms with E-state index in [0.717, 1.165) is 0 Å². The fourth-order valence-corrected chi connectivity index (χ4v) is 2.98. The molecule has 1 fully saturated rings. The summed E-state index contributed by atoms with van der Waals surface area (Å²) in [5.74, 6) is -0.153. The Labute approximate surface area is 168 Å². The Morgan fingerprint density at radius 3 is 2.59 bits per heavy atom. The van der Waals surface area contributed by atoms with Gasteiger partial charge in [-0.25, -0.2) is 19.2 Å². The van der Waals surface area contributed by atoms with Gasteiger partial charge >= 0.3 is 5.97 Å². The molecule has 0 radical (unpaired) electrons. The zero-order chi connectivity index (χ0) is 20.8. The molecular weight excluding hydrogens is 381 g/mol. The van der Waals surface area contributed by atoms with E-state index in [2.05, 4.69) is 9.97 Å². The average molecular weight is 405 g/mol. The highest BCUT2D eigenvalue weighted by molar-refractivity contribution is 5.93. The van der Waals surface area contributed by atoms with Crippen LogP contribution in [-0.4, -0.2) is 62.6 Å². The lowest BCUT2D eigenvalue weighted by atomic mass is 10.2. The van der Waals surface area contributed by atoms with Crippen LogP contribution >= 0.6 is 0 Å². The molecule has 0 N–H and O–H groups in total. The highest BCUT2D eigenvalue weighted by Crippen LogP contribution is 2.34. The number of ether oxygens (including phenoxy) is 4. The minimum Gasteiger partial charge on any atom is -0.494 e. The van der Waals surface area contributed by atoms with Gasteiger partial charge in [0.05, 0.1) is 33.5 Å². The van der Waals surface area contributed by atoms with Gasteiger partial charge in [0.2, 0.25) is 0 Å². The molecule has 2 heterocycles. The number of methoxy groups -OCH3 is 1. The number of hydrogen-bond donors (Lipinski definition) is 0. The van der Waals surface area contributed by atoms with Gasteiger partial charge in [-0.3, -0.25) is 0 Å². The normalized spacial score (nSPS) is 13.9. The van der Waals surface area contributed by atoms with E-state index in [1.165, 1.54) is 19.2 Å². The molecule has 1 aliphatic heterocycles. The van der Waals surface area contributed by atoms with Crippen molar-refractivity contribution in [2.45, 2.75) is 13.8 Å². The van der Waals surface area contributed by atoms with Crippen molar-refractivity contribution in [2.75, 3.05) is 51.5 Å². The number of carbonyl (C=O) groups excluding carboxylic acids is 1. The standard InChI is InChI=1S/C20H24FN3O5/c1-4-28-17-16(20(25)29-5-2)22-18(13-6-7-15(26-3)14(21)12-13)23-19(17)24-8-10-27-11-9-24/h6-7,12H,4-5,8-11H2,1-3H3. The van der Waals surface area contributed by atoms with Gasteiger partial charge in [0.15, 0.2) is 34.7 Å². The third kappa shape index (κ3) is 4.56. The highest BCUT2D eigenvalue weighted by Gasteiger charge is 2.27. The number of esters is 1. The first-order chi connectivity index (χ1) is 14.1. The SMILES string of the molecule is CCOC(=O)c1nc(-c2ccc(OC)c(F)c2)nc(N2CCOCC2)c1OCC. The van der Waals surface area contributed by atoms with Crippen LogP contribution in [-0.2, 0) is 9.47 Å². The van der Waals surface area contributed by atoms with Crippen molar-refractivity contribution in [1.82, 2.24) is 9.97 Å². The predicted octanol–water partition coefficient (Wildman–Crippen LogP) is 2.70. The van der Waals surface area contributed by atoms with Crippen molar-refractivity contribution in [3.63, 3.8) is 0 Å². The molecule has 29 heavy (non-hydrogen) atoms. The number of carbonyl (C=O) groups is 1. The zero-order valence-corrected chi connectivity index (χ0v) is 16.7. The first-order valence-electron chi connectivity index (χ1n) is 9.47. The van der Waals surface area contributed by atoms with Gasteiger partial charge in [0, 0.05) is 18.7 Å². The summed E-state index contributed by atoms with van der Waals surface area (Å²) >= 11 is 0. The Kier molecular flexibility index (Phi) is 6.82. The molecule has 0 aliphatic carbocycles. The van der Waals surface area contributed by atoms with Crippen LogP contribution in [0.5, 0.6) is 11.5 Å². The van der Waals surface area contributed by atoms with Crippen LogP contribution < -0.4 is 14.4 Å². The summed E-state index contributed by atoms with van der Waals surface area (Å²) in [6, 6.07) is 4.39. The number of rotatable bonds is 7. The van der Waals surface area contributed by atoms with E-state index in [1.807, 2.05) is 11.8 Å². The molecule has 0 atom stereocenters. The molecule has 0 saturated carbocycles. The Morgan fingerprint density at radius 1 is 1.21 bits per heavy atom. The lowest BCUT2D eigenvalue weighted by Crippen LogP contribution is -2.37. The third-order valence-electron chi connectivity index (χ3n) is 4.33. The van der Waals surface area contributed by atoms with Crippen LogP contribution in [0.3, 0.4) is 0 Å². The van der Waals surface area contributed by atoms with E-state index >= 15 is 0 Å². The molecule has 0 spiro atoms. The molecule has 3 rings (SSSR count). The Bertz CT molecular complexity index is 871. The van der Waals surface area contributed by atoms with Gasteiger partial charge in [-0.05, 0) is 32.0 Å². The first kappa shape index (κ1) is 20.8. The minimum atomic E-state index is -0.622. The summed E-state index contributed by atoms with van der Waals surface area (Å²) in [5.41, 5.74) is 0.419. The molecule has 156 valence electrons. The maximum absolute atomic E-state index is 14.2. The van der Waals surface area contributed by atoms with Crippen LogP contribution in [0.1, 0.15) is 24.3 Å². The Morgan fingerprint density at radius 2 is 1.97 bits per heavy atom. The number of benzene rings is 1. The zero-order valence-electron chi connectivity index (χ0n) is 16.7. The van der Waals surface area contributed by atoms with E-state index in [9.17, 15) is 9.18 Å². The summed E-state index contributed by atoms with van der Waals surface area (Å²) < 4.78 is 35.5. The molecule has 8 nitrogen and oxygen atoms in total. The molecule has 0 unspecified atom stereocenters. The number of halogens is 1. The molecular formula is C20H24FN3O5. The van der Waals surface area contributed by atoms with E-state index in [-0.39, 0.29) is 29.6 Å². The molecule has 0 bridgehead atoms. The molecule has 1 saturated heterocycles. The second-order valence-electron chi connectivity index (χ2n) is 6.15. The summed E-state index contributed by atoms with van der Waals surface area (Å²) in [4.78, 5) is 23.5. The molecule has 1 aromatic carbocycles. The second kappa shape index (κ2) is 9.51. The third-order valence-corrected chi connectivity index (χ3v) is 4.33. The Balaban J connectivity index is 2.16. The van der Waals surface area contributed by atoms with E-state index < -0.39 is 11.8 Å². The number of nitrogens with zero attached hydrogens (tertiary/aromatic N) is 3. The van der Waals surface area contributed by atoms with Crippen molar-refractivity contribution >= 4 is 11.8 Å². The van der Waals surface area contributed by atoms with Crippen molar-refractivity contribution in [3.05, 3.63) is 29.7 Å². The van der Waals surface area contributed by atoms with Crippen molar-refractivity contribution < 1.29 is 28.1 Å². The van der Waals surface area contributed by atoms with Gasteiger partial charge in [-0.1, -0.05) is 0 Å². The number of anilines is 1. The lowest BCUT2D eigenvalue weighted by molar-refractivity contribution is 0.0514.